The molecule has 1 N–H and O–H groups in total. The van der Waals surface area contributed by atoms with Crippen molar-refractivity contribution in [3.05, 3.63) is 0 Å². The fourth-order valence-corrected chi connectivity index (χ4v) is 2.94. The second-order valence-corrected chi connectivity index (χ2v) is 4.41. The Hall–Kier alpha value is -0.610. The van der Waals surface area contributed by atoms with Crippen molar-refractivity contribution >= 4 is 5.97 Å². The molecule has 0 aromatic heterocycles. The monoisotopic (exact) mass is 213 g/mol. The van der Waals surface area contributed by atoms with Crippen LogP contribution in [0.5, 0.6) is 0 Å². The fourth-order valence-electron chi connectivity index (χ4n) is 2.94. The molecule has 15 heavy (non-hydrogen) atoms. The minimum atomic E-state index is -0.250. The van der Waals surface area contributed by atoms with Crippen LogP contribution in [0.3, 0.4) is 0 Å². The van der Waals surface area contributed by atoms with Gasteiger partial charge in [0.1, 0.15) is 0 Å². The summed E-state index contributed by atoms with van der Waals surface area (Å²) in [5, 5.41) is 3.42. The maximum atomic E-state index is 11.5. The number of nitrogens with one attached hydrogen (secondary N) is 1. The van der Waals surface area contributed by atoms with Gasteiger partial charge < -0.3 is 14.8 Å². The Morgan fingerprint density at radius 1 is 1.60 bits per heavy atom. The second kappa shape index (κ2) is 4.10. The first-order valence-electron chi connectivity index (χ1n) is 5.66. The number of hydrogen-bond donors (Lipinski definition) is 1. The molecule has 3 atom stereocenters. The Kier molecular flexibility index (Phi) is 2.98. The first kappa shape index (κ1) is 10.9. The molecule has 0 bridgehead atoms. The van der Waals surface area contributed by atoms with E-state index in [4.69, 9.17) is 9.47 Å². The van der Waals surface area contributed by atoms with Gasteiger partial charge in [-0.05, 0) is 26.3 Å². The number of fused-ring (bicyclic) bond motifs is 1. The Morgan fingerprint density at radius 2 is 2.40 bits per heavy atom. The Balaban J connectivity index is 1.95. The van der Waals surface area contributed by atoms with Gasteiger partial charge in [-0.3, -0.25) is 4.79 Å². The van der Waals surface area contributed by atoms with Gasteiger partial charge in [0, 0.05) is 19.1 Å². The normalized spacial score (nSPS) is 38.3. The molecule has 1 aliphatic heterocycles. The van der Waals surface area contributed by atoms with E-state index < -0.39 is 0 Å². The number of methoxy groups -OCH3 is 1. The highest BCUT2D eigenvalue weighted by Crippen LogP contribution is 2.48. The molecule has 0 unspecified atom stereocenters. The first-order valence-corrected chi connectivity index (χ1v) is 5.66. The Morgan fingerprint density at radius 3 is 3.00 bits per heavy atom. The quantitative estimate of drug-likeness (QED) is 0.699. The zero-order valence-electron chi connectivity index (χ0n) is 9.41. The summed E-state index contributed by atoms with van der Waals surface area (Å²) in [7, 11) is 1.70. The van der Waals surface area contributed by atoms with E-state index in [0.29, 0.717) is 25.0 Å². The van der Waals surface area contributed by atoms with E-state index in [-0.39, 0.29) is 11.6 Å². The Bertz CT molecular complexity index is 256. The highest BCUT2D eigenvalue weighted by molar-refractivity contribution is 5.71. The van der Waals surface area contributed by atoms with E-state index in [1.165, 1.54) is 0 Å². The van der Waals surface area contributed by atoms with E-state index in [1.807, 2.05) is 6.92 Å². The number of carbonyl (C=O) groups excluding carboxylic acids is 1. The van der Waals surface area contributed by atoms with Gasteiger partial charge in [-0.15, -0.1) is 0 Å². The van der Waals surface area contributed by atoms with Crippen LogP contribution in [0, 0.1) is 5.92 Å². The minimum Gasteiger partial charge on any atom is -0.466 e. The molecule has 0 amide bonds. The molecule has 2 rings (SSSR count). The van der Waals surface area contributed by atoms with Crippen molar-refractivity contribution < 1.29 is 14.3 Å². The molecule has 4 nitrogen and oxygen atoms in total. The number of esters is 1. The molecule has 1 saturated heterocycles. The molecule has 1 heterocycles. The average Bonchev–Trinajstić information content (AvgIpc) is 2.58. The molecule has 0 aromatic rings. The average molecular weight is 213 g/mol. The summed E-state index contributed by atoms with van der Waals surface area (Å²) >= 11 is 0. The van der Waals surface area contributed by atoms with Gasteiger partial charge in [0.2, 0.25) is 0 Å². The predicted octanol–water partition coefficient (Wildman–Crippen LogP) is 0.707. The van der Waals surface area contributed by atoms with Crippen molar-refractivity contribution in [2.24, 2.45) is 5.92 Å². The van der Waals surface area contributed by atoms with Crippen LogP contribution in [-0.2, 0) is 14.3 Å². The fraction of sp³-hybridized carbons (Fsp3) is 0.909. The van der Waals surface area contributed by atoms with Crippen molar-refractivity contribution in [1.82, 2.24) is 5.32 Å². The summed E-state index contributed by atoms with van der Waals surface area (Å²) in [6.07, 6.45) is 2.45. The van der Waals surface area contributed by atoms with Gasteiger partial charge in [-0.25, -0.2) is 0 Å². The summed E-state index contributed by atoms with van der Waals surface area (Å²) in [5.74, 6) is 0.358. The summed E-state index contributed by atoms with van der Waals surface area (Å²) in [6.45, 7) is 3.33. The lowest BCUT2D eigenvalue weighted by Crippen LogP contribution is -2.60. The van der Waals surface area contributed by atoms with Crippen LogP contribution >= 0.6 is 0 Å². The van der Waals surface area contributed by atoms with Crippen LogP contribution in [0.2, 0.25) is 0 Å². The lowest BCUT2D eigenvalue weighted by Gasteiger charge is -2.50. The first-order chi connectivity index (χ1) is 7.22. The lowest BCUT2D eigenvalue weighted by molar-refractivity contribution is -0.169. The van der Waals surface area contributed by atoms with Crippen LogP contribution in [0.15, 0.2) is 0 Å². The standard InChI is InChI=1S/C11H19NO3/c1-3-15-10(13)7-11(14-2)6-9-8(11)4-5-12-9/h8-9,12H,3-7H2,1-2H3/t8-,9-,11+/m1/s1. The van der Waals surface area contributed by atoms with Crippen LogP contribution in [0.1, 0.15) is 26.2 Å². The predicted molar refractivity (Wildman–Crippen MR) is 55.5 cm³/mol. The van der Waals surface area contributed by atoms with E-state index in [1.54, 1.807) is 7.11 Å². The van der Waals surface area contributed by atoms with E-state index in [0.717, 1.165) is 19.4 Å². The molecule has 1 saturated carbocycles. The molecule has 1 aliphatic carbocycles. The Labute approximate surface area is 90.3 Å². The van der Waals surface area contributed by atoms with Crippen LogP contribution < -0.4 is 5.32 Å². The molecule has 4 heteroatoms. The van der Waals surface area contributed by atoms with Gasteiger partial charge in [-0.2, -0.15) is 0 Å². The highest BCUT2D eigenvalue weighted by atomic mass is 16.5. The topological polar surface area (TPSA) is 47.6 Å². The van der Waals surface area contributed by atoms with Crippen molar-refractivity contribution in [3.63, 3.8) is 0 Å². The second-order valence-electron chi connectivity index (χ2n) is 4.41. The molecule has 86 valence electrons. The van der Waals surface area contributed by atoms with Crippen molar-refractivity contribution in [2.45, 2.75) is 37.8 Å². The van der Waals surface area contributed by atoms with Crippen molar-refractivity contribution in [1.29, 1.82) is 0 Å². The van der Waals surface area contributed by atoms with Crippen molar-refractivity contribution in [2.75, 3.05) is 20.3 Å². The molecular weight excluding hydrogens is 194 g/mol. The summed E-state index contributed by atoms with van der Waals surface area (Å²) in [6, 6.07) is 0.555. The van der Waals surface area contributed by atoms with E-state index in [9.17, 15) is 4.79 Å². The number of ether oxygens (including phenoxy) is 2. The van der Waals surface area contributed by atoms with Gasteiger partial charge in [0.25, 0.3) is 0 Å². The maximum absolute atomic E-state index is 11.5. The smallest absolute Gasteiger partial charge is 0.308 e. The van der Waals surface area contributed by atoms with Gasteiger partial charge in [0.15, 0.2) is 0 Å². The summed E-state index contributed by atoms with van der Waals surface area (Å²) < 4.78 is 10.5. The third kappa shape index (κ3) is 1.76. The number of carbonyl (C=O) groups is 1. The van der Waals surface area contributed by atoms with Crippen LogP contribution in [-0.4, -0.2) is 37.9 Å². The zero-order valence-corrected chi connectivity index (χ0v) is 9.41. The SMILES string of the molecule is CCOC(=O)C[C@@]1(OC)C[C@H]2NCC[C@H]21. The zero-order chi connectivity index (χ0) is 10.9. The molecule has 0 aromatic carbocycles. The number of rotatable bonds is 4. The molecule has 0 spiro atoms. The van der Waals surface area contributed by atoms with E-state index in [2.05, 4.69) is 5.32 Å². The molecule has 0 radical (unpaired) electrons. The third-order valence-electron chi connectivity index (χ3n) is 3.74. The van der Waals surface area contributed by atoms with Crippen LogP contribution in [0.4, 0.5) is 0 Å². The van der Waals surface area contributed by atoms with Gasteiger partial charge >= 0.3 is 5.97 Å². The van der Waals surface area contributed by atoms with Crippen LogP contribution in [0.25, 0.3) is 0 Å². The van der Waals surface area contributed by atoms with Crippen molar-refractivity contribution in [3.8, 4) is 0 Å². The molecular formula is C11H19NO3. The summed E-state index contributed by atoms with van der Waals surface area (Å²) in [5.41, 5.74) is -0.250. The maximum Gasteiger partial charge on any atom is 0.308 e. The molecule has 2 fully saturated rings. The highest BCUT2D eigenvalue weighted by Gasteiger charge is 2.57. The number of hydrogen-bond acceptors (Lipinski definition) is 4. The van der Waals surface area contributed by atoms with Gasteiger partial charge in [-0.1, -0.05) is 0 Å². The lowest BCUT2D eigenvalue weighted by atomic mass is 9.64. The molecule has 2 aliphatic rings. The van der Waals surface area contributed by atoms with Gasteiger partial charge in [0.05, 0.1) is 18.6 Å². The minimum absolute atomic E-state index is 0.135. The summed E-state index contributed by atoms with van der Waals surface area (Å²) in [4.78, 5) is 11.5. The largest absolute Gasteiger partial charge is 0.466 e. The van der Waals surface area contributed by atoms with E-state index >= 15 is 0 Å². The third-order valence-corrected chi connectivity index (χ3v) is 3.74.